The minimum atomic E-state index is -1.12. The molecule has 0 fully saturated rings. The summed E-state index contributed by atoms with van der Waals surface area (Å²) in [4.78, 5) is 32.7. The van der Waals surface area contributed by atoms with Crippen molar-refractivity contribution in [2.24, 2.45) is 0 Å². The van der Waals surface area contributed by atoms with Gasteiger partial charge in [-0.3, -0.25) is 14.9 Å². The Balaban J connectivity index is 2.75. The van der Waals surface area contributed by atoms with E-state index in [1.54, 1.807) is 13.0 Å². The predicted molar refractivity (Wildman–Crippen MR) is 73.8 cm³/mol. The number of carboxylic acid groups (broad SMARTS) is 1. The molecule has 0 saturated carbocycles. The van der Waals surface area contributed by atoms with Crippen LogP contribution in [0.1, 0.15) is 12.5 Å². The van der Waals surface area contributed by atoms with E-state index in [1.165, 1.54) is 30.8 Å². The van der Waals surface area contributed by atoms with E-state index in [9.17, 15) is 19.7 Å². The van der Waals surface area contributed by atoms with Gasteiger partial charge in [0.2, 0.25) is 5.91 Å². The Hall–Kier alpha value is -2.09. The highest BCUT2D eigenvalue weighted by Crippen LogP contribution is 2.26. The Morgan fingerprint density at radius 3 is 2.60 bits per heavy atom. The SMILES string of the molecule is CC(=O)N[C@@H](CSc1ccc([N+](=O)[O-])cc1C)C(=O)O. The number of non-ortho nitro benzene ring substituents is 1. The standard InChI is InChI=1S/C12H14N2O5S/c1-7-5-9(14(18)19)3-4-11(7)20-6-10(12(16)17)13-8(2)15/h3-5,10H,6H2,1-2H3,(H,13,15)(H,16,17)/t10-/m0/s1. The largest absolute Gasteiger partial charge is 0.480 e. The molecule has 0 saturated heterocycles. The quantitative estimate of drug-likeness (QED) is 0.469. The second-order valence-corrected chi connectivity index (χ2v) is 5.17. The number of hydrogen-bond donors (Lipinski definition) is 2. The molecule has 0 aromatic heterocycles. The van der Waals surface area contributed by atoms with E-state index in [1.807, 2.05) is 0 Å². The maximum Gasteiger partial charge on any atom is 0.327 e. The normalized spacial score (nSPS) is 11.7. The van der Waals surface area contributed by atoms with E-state index in [0.717, 1.165) is 4.90 Å². The van der Waals surface area contributed by atoms with E-state index in [2.05, 4.69) is 5.32 Å². The van der Waals surface area contributed by atoms with Crippen molar-refractivity contribution in [3.63, 3.8) is 0 Å². The second-order valence-electron chi connectivity index (χ2n) is 4.11. The van der Waals surface area contributed by atoms with Crippen molar-refractivity contribution >= 4 is 29.3 Å². The van der Waals surface area contributed by atoms with Crippen molar-refractivity contribution in [1.29, 1.82) is 0 Å². The highest BCUT2D eigenvalue weighted by atomic mass is 32.2. The summed E-state index contributed by atoms with van der Waals surface area (Å²) < 4.78 is 0. The first-order valence-corrected chi connectivity index (χ1v) is 6.67. The topological polar surface area (TPSA) is 110 Å². The average Bonchev–Trinajstić information content (AvgIpc) is 2.34. The molecule has 0 aliphatic rings. The number of nitro groups is 1. The third-order valence-corrected chi connectivity index (χ3v) is 3.72. The molecule has 0 bridgehead atoms. The van der Waals surface area contributed by atoms with Crippen LogP contribution in [-0.4, -0.2) is 33.7 Å². The van der Waals surface area contributed by atoms with Crippen LogP contribution in [0.3, 0.4) is 0 Å². The Kier molecular flexibility index (Phi) is 5.51. The number of aliphatic carboxylic acids is 1. The summed E-state index contributed by atoms with van der Waals surface area (Å²) >= 11 is 1.23. The third kappa shape index (κ3) is 4.54. The third-order valence-electron chi connectivity index (χ3n) is 2.45. The second kappa shape index (κ2) is 6.90. The Morgan fingerprint density at radius 2 is 2.15 bits per heavy atom. The minimum absolute atomic E-state index is 0.0107. The van der Waals surface area contributed by atoms with Crippen LogP contribution in [0.15, 0.2) is 23.1 Å². The number of nitro benzene ring substituents is 1. The number of carbonyl (C=O) groups excluding carboxylic acids is 1. The molecule has 0 spiro atoms. The first kappa shape index (κ1) is 16.0. The maximum atomic E-state index is 11.0. The highest BCUT2D eigenvalue weighted by molar-refractivity contribution is 7.99. The molecular formula is C12H14N2O5S. The molecular weight excluding hydrogens is 284 g/mol. The van der Waals surface area contributed by atoms with Crippen molar-refractivity contribution in [2.45, 2.75) is 24.8 Å². The fourth-order valence-corrected chi connectivity index (χ4v) is 2.53. The number of rotatable bonds is 6. The molecule has 108 valence electrons. The lowest BCUT2D eigenvalue weighted by atomic mass is 10.2. The molecule has 1 aromatic carbocycles. The summed E-state index contributed by atoms with van der Waals surface area (Å²) in [6, 6.07) is 3.37. The Labute approximate surface area is 119 Å². The number of nitrogens with zero attached hydrogens (tertiary/aromatic N) is 1. The van der Waals surface area contributed by atoms with Gasteiger partial charge in [-0.25, -0.2) is 4.79 Å². The monoisotopic (exact) mass is 298 g/mol. The van der Waals surface area contributed by atoms with Crippen LogP contribution in [0.5, 0.6) is 0 Å². The summed E-state index contributed by atoms with van der Waals surface area (Å²) in [7, 11) is 0. The van der Waals surface area contributed by atoms with Crippen molar-refractivity contribution in [3.05, 3.63) is 33.9 Å². The van der Waals surface area contributed by atoms with Crippen LogP contribution >= 0.6 is 11.8 Å². The van der Waals surface area contributed by atoms with Crippen LogP contribution in [0.4, 0.5) is 5.69 Å². The molecule has 8 heteroatoms. The first-order valence-electron chi connectivity index (χ1n) is 5.69. The van der Waals surface area contributed by atoms with E-state index in [4.69, 9.17) is 5.11 Å². The van der Waals surface area contributed by atoms with Crippen molar-refractivity contribution in [2.75, 3.05) is 5.75 Å². The minimum Gasteiger partial charge on any atom is -0.480 e. The summed E-state index contributed by atoms with van der Waals surface area (Å²) in [6.07, 6.45) is 0. The molecule has 1 aromatic rings. The van der Waals surface area contributed by atoms with Crippen molar-refractivity contribution < 1.29 is 19.6 Å². The number of amides is 1. The lowest BCUT2D eigenvalue weighted by Crippen LogP contribution is -2.41. The van der Waals surface area contributed by atoms with Gasteiger partial charge in [-0.15, -0.1) is 11.8 Å². The molecule has 1 atom stereocenters. The van der Waals surface area contributed by atoms with Crippen molar-refractivity contribution in [1.82, 2.24) is 5.32 Å². The van der Waals surface area contributed by atoms with E-state index in [-0.39, 0.29) is 11.4 Å². The zero-order valence-electron chi connectivity index (χ0n) is 11.0. The van der Waals surface area contributed by atoms with E-state index < -0.39 is 22.8 Å². The number of hydrogen-bond acceptors (Lipinski definition) is 5. The number of carbonyl (C=O) groups is 2. The van der Waals surface area contributed by atoms with Gasteiger partial charge in [0, 0.05) is 29.7 Å². The first-order chi connectivity index (χ1) is 9.31. The van der Waals surface area contributed by atoms with Crippen LogP contribution in [0.25, 0.3) is 0 Å². The molecule has 1 rings (SSSR count). The molecule has 0 heterocycles. The molecule has 0 unspecified atom stereocenters. The van der Waals surface area contributed by atoms with E-state index >= 15 is 0 Å². The van der Waals surface area contributed by atoms with Gasteiger partial charge in [-0.05, 0) is 18.6 Å². The van der Waals surface area contributed by atoms with E-state index in [0.29, 0.717) is 5.56 Å². The number of thioether (sulfide) groups is 1. The number of carboxylic acids is 1. The summed E-state index contributed by atoms with van der Waals surface area (Å²) in [5.41, 5.74) is 0.680. The van der Waals surface area contributed by atoms with Gasteiger partial charge >= 0.3 is 5.97 Å². The molecule has 20 heavy (non-hydrogen) atoms. The zero-order valence-corrected chi connectivity index (χ0v) is 11.8. The van der Waals surface area contributed by atoms with Crippen LogP contribution in [0.2, 0.25) is 0 Å². The van der Waals surface area contributed by atoms with Crippen LogP contribution in [0, 0.1) is 17.0 Å². The van der Waals surface area contributed by atoms with Gasteiger partial charge in [-0.2, -0.15) is 0 Å². The smallest absolute Gasteiger partial charge is 0.327 e. The molecule has 0 aliphatic heterocycles. The molecule has 2 N–H and O–H groups in total. The number of benzene rings is 1. The fraction of sp³-hybridized carbons (Fsp3) is 0.333. The zero-order chi connectivity index (χ0) is 15.3. The predicted octanol–water partition coefficient (Wildman–Crippen LogP) is 1.58. The summed E-state index contributed by atoms with van der Waals surface area (Å²) in [6.45, 7) is 2.96. The highest BCUT2D eigenvalue weighted by Gasteiger charge is 2.19. The van der Waals surface area contributed by atoms with Crippen molar-refractivity contribution in [3.8, 4) is 0 Å². The Morgan fingerprint density at radius 1 is 1.50 bits per heavy atom. The lowest BCUT2D eigenvalue weighted by molar-refractivity contribution is -0.385. The molecule has 0 radical (unpaired) electrons. The summed E-state index contributed by atoms with van der Waals surface area (Å²) in [5.74, 6) is -1.39. The Bertz CT molecular complexity index is 547. The molecule has 7 nitrogen and oxygen atoms in total. The number of nitrogens with one attached hydrogen (secondary N) is 1. The van der Waals surface area contributed by atoms with Gasteiger partial charge in [0.05, 0.1) is 4.92 Å². The van der Waals surface area contributed by atoms with Crippen LogP contribution < -0.4 is 5.32 Å². The van der Waals surface area contributed by atoms with Gasteiger partial charge in [0.15, 0.2) is 0 Å². The maximum absolute atomic E-state index is 11.0. The van der Waals surface area contributed by atoms with Crippen LogP contribution in [-0.2, 0) is 9.59 Å². The average molecular weight is 298 g/mol. The molecule has 1 amide bonds. The number of aryl methyl sites for hydroxylation is 1. The van der Waals surface area contributed by atoms with Gasteiger partial charge in [0.1, 0.15) is 6.04 Å². The fourth-order valence-electron chi connectivity index (χ4n) is 1.50. The van der Waals surface area contributed by atoms with Gasteiger partial charge in [-0.1, -0.05) is 0 Å². The summed E-state index contributed by atoms with van der Waals surface area (Å²) in [5, 5.41) is 21.9. The van der Waals surface area contributed by atoms with Gasteiger partial charge < -0.3 is 10.4 Å². The molecule has 0 aliphatic carbocycles. The lowest BCUT2D eigenvalue weighted by Gasteiger charge is -2.13. The van der Waals surface area contributed by atoms with Gasteiger partial charge in [0.25, 0.3) is 5.69 Å².